The van der Waals surface area contributed by atoms with Crippen LogP contribution in [0.3, 0.4) is 0 Å². The Morgan fingerprint density at radius 2 is 1.90 bits per heavy atom. The Bertz CT molecular complexity index is 740. The average molecular weight is 356 g/mol. The SMILES string of the molecule is Cc1cc(C)nc(NS(=O)(=O)c2ccc(Br)cc2N)c1. The van der Waals surface area contributed by atoms with Gasteiger partial charge in [-0.2, -0.15) is 0 Å². The molecule has 0 aliphatic rings. The van der Waals surface area contributed by atoms with Crippen molar-refractivity contribution in [1.82, 2.24) is 4.98 Å². The van der Waals surface area contributed by atoms with Crippen molar-refractivity contribution in [1.29, 1.82) is 0 Å². The minimum atomic E-state index is -3.75. The molecule has 2 rings (SSSR count). The molecule has 1 aromatic heterocycles. The molecule has 0 aliphatic heterocycles. The Labute approximate surface area is 126 Å². The summed E-state index contributed by atoms with van der Waals surface area (Å²) in [7, 11) is -3.75. The summed E-state index contributed by atoms with van der Waals surface area (Å²) in [5.74, 6) is 0.282. The molecule has 0 aliphatic carbocycles. The van der Waals surface area contributed by atoms with Crippen molar-refractivity contribution < 1.29 is 8.42 Å². The first-order valence-electron chi connectivity index (χ1n) is 5.81. The Morgan fingerprint density at radius 3 is 2.50 bits per heavy atom. The number of nitrogens with one attached hydrogen (secondary N) is 1. The number of benzene rings is 1. The smallest absolute Gasteiger partial charge is 0.265 e. The predicted octanol–water partition coefficient (Wildman–Crippen LogP) is 2.84. The lowest BCUT2D eigenvalue weighted by atomic mass is 10.2. The second-order valence-electron chi connectivity index (χ2n) is 4.46. The fourth-order valence-corrected chi connectivity index (χ4v) is 3.34. The molecule has 0 unspecified atom stereocenters. The monoisotopic (exact) mass is 355 g/mol. The summed E-state index contributed by atoms with van der Waals surface area (Å²) >= 11 is 3.24. The molecule has 1 heterocycles. The van der Waals surface area contributed by atoms with Crippen LogP contribution in [0.4, 0.5) is 11.5 Å². The molecule has 7 heteroatoms. The predicted molar refractivity (Wildman–Crippen MR) is 83.1 cm³/mol. The van der Waals surface area contributed by atoms with Crippen molar-refractivity contribution in [3.8, 4) is 0 Å². The van der Waals surface area contributed by atoms with Crippen molar-refractivity contribution in [2.75, 3.05) is 10.5 Å². The van der Waals surface area contributed by atoms with Gasteiger partial charge in [0.25, 0.3) is 10.0 Å². The Hall–Kier alpha value is -1.60. The van der Waals surface area contributed by atoms with Gasteiger partial charge in [0.2, 0.25) is 0 Å². The molecule has 0 fully saturated rings. The van der Waals surface area contributed by atoms with Gasteiger partial charge in [0.15, 0.2) is 0 Å². The van der Waals surface area contributed by atoms with Crippen LogP contribution in [0.2, 0.25) is 0 Å². The normalized spacial score (nSPS) is 11.3. The van der Waals surface area contributed by atoms with E-state index in [2.05, 4.69) is 25.6 Å². The maximum Gasteiger partial charge on any atom is 0.265 e. The molecule has 106 valence electrons. The molecule has 5 nitrogen and oxygen atoms in total. The van der Waals surface area contributed by atoms with E-state index in [1.54, 1.807) is 25.1 Å². The van der Waals surface area contributed by atoms with Gasteiger partial charge in [0, 0.05) is 10.2 Å². The number of rotatable bonds is 3. The van der Waals surface area contributed by atoms with Crippen LogP contribution < -0.4 is 10.5 Å². The number of anilines is 2. The number of aryl methyl sites for hydroxylation is 2. The van der Waals surface area contributed by atoms with E-state index in [-0.39, 0.29) is 16.4 Å². The second-order valence-corrected chi connectivity index (χ2v) is 7.03. The lowest BCUT2D eigenvalue weighted by Crippen LogP contribution is -2.16. The zero-order chi connectivity index (χ0) is 14.9. The summed E-state index contributed by atoms with van der Waals surface area (Å²) in [6.07, 6.45) is 0. The third-order valence-corrected chi connectivity index (χ3v) is 4.52. The van der Waals surface area contributed by atoms with Crippen LogP contribution in [0, 0.1) is 13.8 Å². The number of aromatic nitrogens is 1. The number of sulfonamides is 1. The molecule has 1 aromatic carbocycles. The van der Waals surface area contributed by atoms with E-state index in [1.807, 2.05) is 13.0 Å². The van der Waals surface area contributed by atoms with E-state index in [0.717, 1.165) is 15.7 Å². The van der Waals surface area contributed by atoms with Gasteiger partial charge in [-0.15, -0.1) is 0 Å². The highest BCUT2D eigenvalue weighted by Crippen LogP contribution is 2.24. The number of halogens is 1. The molecule has 0 bridgehead atoms. The molecule has 0 saturated carbocycles. The number of pyridine rings is 1. The summed E-state index contributed by atoms with van der Waals surface area (Å²) < 4.78 is 27.8. The summed E-state index contributed by atoms with van der Waals surface area (Å²) in [5.41, 5.74) is 7.60. The van der Waals surface area contributed by atoms with E-state index in [4.69, 9.17) is 5.73 Å². The number of nitrogens with zero attached hydrogens (tertiary/aromatic N) is 1. The largest absolute Gasteiger partial charge is 0.398 e. The van der Waals surface area contributed by atoms with Crippen molar-refractivity contribution in [3.05, 3.63) is 46.1 Å². The van der Waals surface area contributed by atoms with Crippen molar-refractivity contribution in [2.45, 2.75) is 18.7 Å². The molecular formula is C13H14BrN3O2S. The Balaban J connectivity index is 2.40. The lowest BCUT2D eigenvalue weighted by Gasteiger charge is -2.11. The first-order chi connectivity index (χ1) is 9.28. The van der Waals surface area contributed by atoms with Gasteiger partial charge in [-0.3, -0.25) is 4.72 Å². The van der Waals surface area contributed by atoms with Crippen LogP contribution in [0.1, 0.15) is 11.3 Å². The molecule has 0 atom stereocenters. The summed E-state index contributed by atoms with van der Waals surface area (Å²) in [5, 5.41) is 0. The molecule has 0 radical (unpaired) electrons. The summed E-state index contributed by atoms with van der Waals surface area (Å²) in [6.45, 7) is 3.68. The number of hydrogen-bond donors (Lipinski definition) is 2. The van der Waals surface area contributed by atoms with Gasteiger partial charge in [0.1, 0.15) is 10.7 Å². The minimum absolute atomic E-state index is 0.0293. The number of nitrogens with two attached hydrogens (primary N) is 1. The van der Waals surface area contributed by atoms with Crippen molar-refractivity contribution in [2.24, 2.45) is 0 Å². The lowest BCUT2D eigenvalue weighted by molar-refractivity contribution is 0.601. The van der Waals surface area contributed by atoms with Crippen LogP contribution >= 0.6 is 15.9 Å². The van der Waals surface area contributed by atoms with Crippen LogP contribution in [-0.2, 0) is 10.0 Å². The van der Waals surface area contributed by atoms with Crippen LogP contribution in [-0.4, -0.2) is 13.4 Å². The third kappa shape index (κ3) is 3.29. The first-order valence-corrected chi connectivity index (χ1v) is 8.09. The van der Waals surface area contributed by atoms with E-state index in [1.165, 1.54) is 6.07 Å². The quantitative estimate of drug-likeness (QED) is 0.829. The minimum Gasteiger partial charge on any atom is -0.398 e. The topological polar surface area (TPSA) is 85.1 Å². The van der Waals surface area contributed by atoms with Crippen LogP contribution in [0.5, 0.6) is 0 Å². The highest BCUT2D eigenvalue weighted by atomic mass is 79.9. The van der Waals surface area contributed by atoms with Crippen molar-refractivity contribution in [3.63, 3.8) is 0 Å². The maximum atomic E-state index is 12.3. The molecular weight excluding hydrogens is 342 g/mol. The zero-order valence-corrected chi connectivity index (χ0v) is 13.4. The zero-order valence-electron chi connectivity index (χ0n) is 11.0. The maximum absolute atomic E-state index is 12.3. The molecule has 0 spiro atoms. The first kappa shape index (κ1) is 14.8. The highest BCUT2D eigenvalue weighted by Gasteiger charge is 2.18. The standard InChI is InChI=1S/C13H14BrN3O2S/c1-8-5-9(2)16-13(6-8)17-20(18,19)12-4-3-10(14)7-11(12)15/h3-7H,15H2,1-2H3,(H,16,17). The van der Waals surface area contributed by atoms with Gasteiger partial charge in [-0.1, -0.05) is 15.9 Å². The molecule has 0 amide bonds. The van der Waals surface area contributed by atoms with Gasteiger partial charge in [-0.05, 0) is 49.7 Å². The number of nitrogen functional groups attached to an aromatic ring is 1. The van der Waals surface area contributed by atoms with Gasteiger partial charge < -0.3 is 5.73 Å². The second kappa shape index (κ2) is 5.41. The Morgan fingerprint density at radius 1 is 1.20 bits per heavy atom. The van der Waals surface area contributed by atoms with Crippen molar-refractivity contribution >= 4 is 37.5 Å². The van der Waals surface area contributed by atoms with E-state index in [9.17, 15) is 8.42 Å². The van der Waals surface area contributed by atoms with Gasteiger partial charge in [0.05, 0.1) is 5.69 Å². The van der Waals surface area contributed by atoms with Gasteiger partial charge in [-0.25, -0.2) is 13.4 Å². The molecule has 20 heavy (non-hydrogen) atoms. The number of hydrogen-bond acceptors (Lipinski definition) is 4. The summed E-state index contributed by atoms with van der Waals surface area (Å²) in [4.78, 5) is 4.18. The average Bonchev–Trinajstić information content (AvgIpc) is 2.25. The fraction of sp³-hybridized carbons (Fsp3) is 0.154. The summed E-state index contributed by atoms with van der Waals surface area (Å²) in [6, 6.07) is 8.15. The van der Waals surface area contributed by atoms with Gasteiger partial charge >= 0.3 is 0 Å². The molecule has 2 aromatic rings. The molecule has 3 N–H and O–H groups in total. The Kier molecular flexibility index (Phi) is 4.01. The highest BCUT2D eigenvalue weighted by molar-refractivity contribution is 9.10. The van der Waals surface area contributed by atoms with E-state index < -0.39 is 10.0 Å². The fourth-order valence-electron chi connectivity index (χ4n) is 1.85. The van der Waals surface area contributed by atoms with E-state index >= 15 is 0 Å². The molecule has 0 saturated heterocycles. The van der Waals surface area contributed by atoms with Crippen LogP contribution in [0.15, 0.2) is 39.7 Å². The van der Waals surface area contributed by atoms with E-state index in [0.29, 0.717) is 0 Å². The van der Waals surface area contributed by atoms with Crippen LogP contribution in [0.25, 0.3) is 0 Å². The third-order valence-electron chi connectivity index (χ3n) is 2.60.